The Morgan fingerprint density at radius 2 is 2.19 bits per heavy atom. The fourth-order valence-electron chi connectivity index (χ4n) is 1.31. The molecule has 1 N–H and O–H groups in total. The fourth-order valence-corrected chi connectivity index (χ4v) is 1.89. The first-order valence-electron chi connectivity index (χ1n) is 4.33. The van der Waals surface area contributed by atoms with Crippen LogP contribution < -0.4 is 4.74 Å². The summed E-state index contributed by atoms with van der Waals surface area (Å²) in [5.41, 5.74) is 0.726. The van der Waals surface area contributed by atoms with E-state index in [1.54, 1.807) is 6.92 Å². The third-order valence-electron chi connectivity index (χ3n) is 1.93. The molecule has 1 aromatic rings. The van der Waals surface area contributed by atoms with Gasteiger partial charge in [-0.25, -0.2) is 4.79 Å². The standard InChI is InChI=1S/C10H9BrF2O3/c1-5-2-6(9(14)15)7(4-11)8(3-5)16-10(12)13/h2-3,10H,4H2,1H3,(H,14,15). The van der Waals surface area contributed by atoms with Gasteiger partial charge in [0.2, 0.25) is 0 Å². The topological polar surface area (TPSA) is 46.5 Å². The van der Waals surface area contributed by atoms with Crippen LogP contribution in [0.25, 0.3) is 0 Å². The number of rotatable bonds is 4. The van der Waals surface area contributed by atoms with E-state index in [4.69, 9.17) is 5.11 Å². The molecule has 0 aromatic heterocycles. The molecule has 0 fully saturated rings. The number of hydrogen-bond acceptors (Lipinski definition) is 2. The molecule has 0 aliphatic rings. The largest absolute Gasteiger partial charge is 0.478 e. The molecule has 0 aliphatic carbocycles. The van der Waals surface area contributed by atoms with Crippen molar-refractivity contribution in [3.8, 4) is 5.75 Å². The minimum absolute atomic E-state index is 0.0347. The van der Waals surface area contributed by atoms with Crippen molar-refractivity contribution >= 4 is 21.9 Å². The van der Waals surface area contributed by atoms with Crippen LogP contribution in [0.4, 0.5) is 8.78 Å². The van der Waals surface area contributed by atoms with Gasteiger partial charge in [-0.1, -0.05) is 15.9 Å². The van der Waals surface area contributed by atoms with Crippen molar-refractivity contribution in [1.29, 1.82) is 0 Å². The maximum Gasteiger partial charge on any atom is 0.387 e. The minimum Gasteiger partial charge on any atom is -0.478 e. The van der Waals surface area contributed by atoms with Gasteiger partial charge in [-0.3, -0.25) is 0 Å². The number of ether oxygens (including phenoxy) is 1. The molecule has 0 spiro atoms. The highest BCUT2D eigenvalue weighted by molar-refractivity contribution is 9.08. The summed E-state index contributed by atoms with van der Waals surface area (Å²) in [6, 6.07) is 2.80. The average Bonchev–Trinajstić information content (AvgIpc) is 2.15. The Hall–Kier alpha value is -1.17. The summed E-state index contributed by atoms with van der Waals surface area (Å²) < 4.78 is 28.5. The van der Waals surface area contributed by atoms with E-state index in [9.17, 15) is 13.6 Å². The molecule has 0 radical (unpaired) electrons. The van der Waals surface area contributed by atoms with Gasteiger partial charge in [0.25, 0.3) is 0 Å². The molecular formula is C10H9BrF2O3. The molecule has 0 bridgehead atoms. The maximum absolute atomic E-state index is 12.1. The fraction of sp³-hybridized carbons (Fsp3) is 0.300. The third kappa shape index (κ3) is 2.91. The minimum atomic E-state index is -2.97. The molecule has 1 rings (SSSR count). The van der Waals surface area contributed by atoms with E-state index in [-0.39, 0.29) is 22.2 Å². The Balaban J connectivity index is 3.30. The lowest BCUT2D eigenvalue weighted by Gasteiger charge is -2.12. The molecular weight excluding hydrogens is 286 g/mol. The molecule has 0 saturated carbocycles. The predicted molar refractivity (Wildman–Crippen MR) is 57.4 cm³/mol. The Morgan fingerprint density at radius 1 is 1.56 bits per heavy atom. The molecule has 0 aliphatic heterocycles. The van der Waals surface area contributed by atoms with E-state index < -0.39 is 12.6 Å². The number of carbonyl (C=O) groups is 1. The Kier molecular flexibility index (Phi) is 4.23. The number of carboxylic acid groups (broad SMARTS) is 1. The highest BCUT2D eigenvalue weighted by Gasteiger charge is 2.17. The van der Waals surface area contributed by atoms with Gasteiger partial charge in [-0.2, -0.15) is 8.78 Å². The molecule has 0 heterocycles. The smallest absolute Gasteiger partial charge is 0.387 e. The highest BCUT2D eigenvalue weighted by atomic mass is 79.9. The van der Waals surface area contributed by atoms with Crippen molar-refractivity contribution in [3.63, 3.8) is 0 Å². The number of benzene rings is 1. The highest BCUT2D eigenvalue weighted by Crippen LogP contribution is 2.28. The summed E-state index contributed by atoms with van der Waals surface area (Å²) in [6.45, 7) is -1.36. The van der Waals surface area contributed by atoms with Gasteiger partial charge in [-0.15, -0.1) is 0 Å². The lowest BCUT2D eigenvalue weighted by molar-refractivity contribution is -0.0504. The van der Waals surface area contributed by atoms with Gasteiger partial charge in [0.1, 0.15) is 5.75 Å². The van der Waals surface area contributed by atoms with E-state index >= 15 is 0 Å². The van der Waals surface area contributed by atoms with Crippen LogP contribution in [0.5, 0.6) is 5.75 Å². The Morgan fingerprint density at radius 3 is 2.62 bits per heavy atom. The van der Waals surface area contributed by atoms with Crippen LogP contribution in [0.1, 0.15) is 21.5 Å². The van der Waals surface area contributed by atoms with Crippen LogP contribution in [-0.2, 0) is 5.33 Å². The van der Waals surface area contributed by atoms with Gasteiger partial charge in [0.15, 0.2) is 0 Å². The van der Waals surface area contributed by atoms with Crippen LogP contribution in [0.15, 0.2) is 12.1 Å². The first-order valence-corrected chi connectivity index (χ1v) is 5.45. The van der Waals surface area contributed by atoms with Crippen molar-refractivity contribution in [2.45, 2.75) is 18.9 Å². The summed E-state index contributed by atoms with van der Waals surface area (Å²) in [5.74, 6) is -1.28. The van der Waals surface area contributed by atoms with Crippen LogP contribution in [0, 0.1) is 6.92 Å². The van der Waals surface area contributed by atoms with Gasteiger partial charge in [-0.05, 0) is 24.6 Å². The first-order chi connectivity index (χ1) is 7.45. The van der Waals surface area contributed by atoms with Gasteiger partial charge in [0.05, 0.1) is 5.56 Å². The lowest BCUT2D eigenvalue weighted by atomic mass is 10.0. The van der Waals surface area contributed by atoms with E-state index in [2.05, 4.69) is 20.7 Å². The van der Waals surface area contributed by atoms with Crippen molar-refractivity contribution in [1.82, 2.24) is 0 Å². The second-order valence-electron chi connectivity index (χ2n) is 3.11. The molecule has 6 heteroatoms. The van der Waals surface area contributed by atoms with E-state index in [0.29, 0.717) is 5.56 Å². The molecule has 0 atom stereocenters. The zero-order valence-corrected chi connectivity index (χ0v) is 9.92. The van der Waals surface area contributed by atoms with Gasteiger partial charge >= 0.3 is 12.6 Å². The van der Waals surface area contributed by atoms with Crippen LogP contribution in [0.3, 0.4) is 0 Å². The summed E-state index contributed by atoms with van der Waals surface area (Å²) in [4.78, 5) is 10.9. The zero-order chi connectivity index (χ0) is 12.3. The van der Waals surface area contributed by atoms with Crippen molar-refractivity contribution in [3.05, 3.63) is 28.8 Å². The van der Waals surface area contributed by atoms with Crippen LogP contribution >= 0.6 is 15.9 Å². The molecule has 0 amide bonds. The van der Waals surface area contributed by atoms with Gasteiger partial charge < -0.3 is 9.84 Å². The Labute approximate surface area is 99.2 Å². The van der Waals surface area contributed by atoms with Gasteiger partial charge in [0, 0.05) is 10.9 Å². The summed E-state index contributed by atoms with van der Waals surface area (Å²) in [5, 5.41) is 9.05. The Bertz CT molecular complexity index is 407. The maximum atomic E-state index is 12.1. The molecule has 1 aromatic carbocycles. The average molecular weight is 295 g/mol. The zero-order valence-electron chi connectivity index (χ0n) is 8.34. The number of aromatic carboxylic acids is 1. The monoisotopic (exact) mass is 294 g/mol. The molecule has 16 heavy (non-hydrogen) atoms. The second-order valence-corrected chi connectivity index (χ2v) is 3.67. The third-order valence-corrected chi connectivity index (χ3v) is 2.49. The summed E-state index contributed by atoms with van der Waals surface area (Å²) >= 11 is 3.05. The quantitative estimate of drug-likeness (QED) is 0.868. The molecule has 88 valence electrons. The number of carboxylic acids is 1. The van der Waals surface area contributed by atoms with Crippen LogP contribution in [0.2, 0.25) is 0 Å². The van der Waals surface area contributed by atoms with Crippen LogP contribution in [-0.4, -0.2) is 17.7 Å². The number of hydrogen-bond donors (Lipinski definition) is 1. The normalized spacial score (nSPS) is 10.6. The molecule has 0 unspecified atom stereocenters. The number of halogens is 3. The predicted octanol–water partition coefficient (Wildman–Crippen LogP) is 3.19. The van der Waals surface area contributed by atoms with E-state index in [1.165, 1.54) is 12.1 Å². The summed E-state index contributed by atoms with van der Waals surface area (Å²) in [6.07, 6.45) is 0. The SMILES string of the molecule is Cc1cc(OC(F)F)c(CBr)c(C(=O)O)c1. The van der Waals surface area contributed by atoms with Crippen molar-refractivity contribution in [2.24, 2.45) is 0 Å². The van der Waals surface area contributed by atoms with Crippen molar-refractivity contribution < 1.29 is 23.4 Å². The number of alkyl halides is 3. The molecule has 3 nitrogen and oxygen atoms in total. The lowest BCUT2D eigenvalue weighted by Crippen LogP contribution is -2.09. The number of aryl methyl sites for hydroxylation is 1. The first kappa shape index (κ1) is 12.9. The van der Waals surface area contributed by atoms with E-state index in [1.807, 2.05) is 0 Å². The summed E-state index contributed by atoms with van der Waals surface area (Å²) in [7, 11) is 0. The second kappa shape index (κ2) is 5.25. The molecule has 0 saturated heterocycles. The van der Waals surface area contributed by atoms with E-state index in [0.717, 1.165) is 0 Å². The van der Waals surface area contributed by atoms with Crippen molar-refractivity contribution in [2.75, 3.05) is 0 Å².